The highest BCUT2D eigenvalue weighted by Gasteiger charge is 2.39. The molecule has 0 amide bonds. The van der Waals surface area contributed by atoms with E-state index < -0.39 is 0 Å². The van der Waals surface area contributed by atoms with Gasteiger partial charge in [0.25, 0.3) is 0 Å². The van der Waals surface area contributed by atoms with Crippen LogP contribution < -0.4 is 0 Å². The van der Waals surface area contributed by atoms with Gasteiger partial charge in [-0.05, 0) is 37.0 Å². The number of likely N-dealkylation sites (tertiary alicyclic amines) is 1. The lowest BCUT2D eigenvalue weighted by molar-refractivity contribution is -0.0709. The SMILES string of the molecule is CCC1CN(CC2(O)CCC(C)(C)CC2)C1. The molecule has 1 heterocycles. The van der Waals surface area contributed by atoms with Crippen molar-refractivity contribution in [3.63, 3.8) is 0 Å². The van der Waals surface area contributed by atoms with Gasteiger partial charge in [0.2, 0.25) is 0 Å². The molecular formula is C14H27NO. The molecule has 2 nitrogen and oxygen atoms in total. The maximum Gasteiger partial charge on any atom is 0.0774 e. The van der Waals surface area contributed by atoms with Crippen LogP contribution in [0.15, 0.2) is 0 Å². The predicted molar refractivity (Wildman–Crippen MR) is 67.4 cm³/mol. The smallest absolute Gasteiger partial charge is 0.0774 e. The molecule has 2 fully saturated rings. The Labute approximate surface area is 100 Å². The van der Waals surface area contributed by atoms with E-state index in [2.05, 4.69) is 25.7 Å². The van der Waals surface area contributed by atoms with Crippen molar-refractivity contribution >= 4 is 0 Å². The minimum absolute atomic E-state index is 0.381. The molecule has 1 aliphatic carbocycles. The lowest BCUT2D eigenvalue weighted by atomic mass is 9.70. The van der Waals surface area contributed by atoms with Crippen LogP contribution in [0.3, 0.4) is 0 Å². The average molecular weight is 225 g/mol. The molecule has 0 radical (unpaired) electrons. The molecule has 0 bridgehead atoms. The van der Waals surface area contributed by atoms with Gasteiger partial charge < -0.3 is 5.11 Å². The molecule has 0 aromatic rings. The summed E-state index contributed by atoms with van der Waals surface area (Å²) in [7, 11) is 0. The van der Waals surface area contributed by atoms with Gasteiger partial charge in [0.05, 0.1) is 5.60 Å². The molecule has 1 aliphatic heterocycles. The Balaban J connectivity index is 1.77. The van der Waals surface area contributed by atoms with E-state index >= 15 is 0 Å². The molecule has 1 saturated carbocycles. The van der Waals surface area contributed by atoms with Crippen LogP contribution in [-0.2, 0) is 0 Å². The topological polar surface area (TPSA) is 23.5 Å². The maximum atomic E-state index is 10.6. The van der Waals surface area contributed by atoms with Crippen LogP contribution in [0.1, 0.15) is 52.9 Å². The first-order chi connectivity index (χ1) is 7.42. The number of aliphatic hydroxyl groups is 1. The zero-order chi connectivity index (χ0) is 11.8. The Morgan fingerprint density at radius 2 is 1.69 bits per heavy atom. The normalized spacial score (nSPS) is 30.0. The largest absolute Gasteiger partial charge is 0.389 e. The molecule has 0 aromatic carbocycles. The minimum Gasteiger partial charge on any atom is -0.389 e. The summed E-state index contributed by atoms with van der Waals surface area (Å²) in [6.45, 7) is 10.2. The van der Waals surface area contributed by atoms with Crippen LogP contribution in [0.2, 0.25) is 0 Å². The van der Waals surface area contributed by atoms with Crippen LogP contribution in [0.25, 0.3) is 0 Å². The van der Waals surface area contributed by atoms with Crippen molar-refractivity contribution in [2.24, 2.45) is 11.3 Å². The Morgan fingerprint density at radius 1 is 1.12 bits per heavy atom. The Hall–Kier alpha value is -0.0800. The van der Waals surface area contributed by atoms with Gasteiger partial charge in [-0.2, -0.15) is 0 Å². The third-order valence-electron chi connectivity index (χ3n) is 4.66. The zero-order valence-corrected chi connectivity index (χ0v) is 11.1. The molecule has 94 valence electrons. The molecule has 0 unspecified atom stereocenters. The summed E-state index contributed by atoms with van der Waals surface area (Å²) in [5.74, 6) is 0.892. The van der Waals surface area contributed by atoms with Crippen LogP contribution in [0.5, 0.6) is 0 Å². The van der Waals surface area contributed by atoms with E-state index in [1.807, 2.05) is 0 Å². The van der Waals surface area contributed by atoms with Gasteiger partial charge in [0.15, 0.2) is 0 Å². The van der Waals surface area contributed by atoms with Gasteiger partial charge >= 0.3 is 0 Å². The Morgan fingerprint density at radius 3 is 2.19 bits per heavy atom. The van der Waals surface area contributed by atoms with Crippen molar-refractivity contribution < 1.29 is 5.11 Å². The standard InChI is InChI=1S/C14H27NO/c1-4-12-9-15(10-12)11-14(16)7-5-13(2,3)6-8-14/h12,16H,4-11H2,1-3H3. The molecule has 16 heavy (non-hydrogen) atoms. The lowest BCUT2D eigenvalue weighted by Gasteiger charge is -2.47. The zero-order valence-electron chi connectivity index (χ0n) is 11.1. The number of hydrogen-bond acceptors (Lipinski definition) is 2. The van der Waals surface area contributed by atoms with Crippen LogP contribution in [0.4, 0.5) is 0 Å². The van der Waals surface area contributed by atoms with E-state index in [1.54, 1.807) is 0 Å². The fraction of sp³-hybridized carbons (Fsp3) is 1.00. The first-order valence-electron chi connectivity index (χ1n) is 6.87. The van der Waals surface area contributed by atoms with E-state index in [4.69, 9.17) is 0 Å². The van der Waals surface area contributed by atoms with E-state index in [0.717, 1.165) is 25.3 Å². The lowest BCUT2D eigenvalue weighted by Crippen LogP contribution is -2.54. The van der Waals surface area contributed by atoms with Gasteiger partial charge in [-0.1, -0.05) is 27.2 Å². The summed E-state index contributed by atoms with van der Waals surface area (Å²) < 4.78 is 0. The highest BCUT2D eigenvalue weighted by atomic mass is 16.3. The van der Waals surface area contributed by atoms with E-state index in [0.29, 0.717) is 5.41 Å². The quantitative estimate of drug-likeness (QED) is 0.798. The maximum absolute atomic E-state index is 10.6. The molecule has 1 N–H and O–H groups in total. The van der Waals surface area contributed by atoms with Crippen molar-refractivity contribution in [3.8, 4) is 0 Å². The highest BCUT2D eigenvalue weighted by Crippen LogP contribution is 2.41. The van der Waals surface area contributed by atoms with Gasteiger partial charge in [0.1, 0.15) is 0 Å². The average Bonchev–Trinajstić information content (AvgIpc) is 2.17. The number of nitrogens with zero attached hydrogens (tertiary/aromatic N) is 1. The minimum atomic E-state index is -0.381. The fourth-order valence-corrected chi connectivity index (χ4v) is 3.03. The molecule has 2 rings (SSSR count). The van der Waals surface area contributed by atoms with Gasteiger partial charge in [-0.15, -0.1) is 0 Å². The van der Waals surface area contributed by atoms with Crippen LogP contribution in [0, 0.1) is 11.3 Å². The summed E-state index contributed by atoms with van der Waals surface area (Å²) in [5, 5.41) is 10.6. The van der Waals surface area contributed by atoms with Crippen molar-refractivity contribution in [2.45, 2.75) is 58.5 Å². The highest BCUT2D eigenvalue weighted by molar-refractivity contribution is 4.93. The third kappa shape index (κ3) is 2.78. The van der Waals surface area contributed by atoms with Gasteiger partial charge in [-0.3, -0.25) is 4.90 Å². The molecule has 1 saturated heterocycles. The number of β-amino-alcohol motifs (C(OH)–C–C–N with tert-alkyl or cyclic N) is 1. The number of hydrogen-bond donors (Lipinski definition) is 1. The number of rotatable bonds is 3. The molecular weight excluding hydrogens is 198 g/mol. The van der Waals surface area contributed by atoms with E-state index in [-0.39, 0.29) is 5.60 Å². The van der Waals surface area contributed by atoms with Crippen molar-refractivity contribution in [2.75, 3.05) is 19.6 Å². The van der Waals surface area contributed by atoms with E-state index in [1.165, 1.54) is 32.4 Å². The summed E-state index contributed by atoms with van der Waals surface area (Å²) >= 11 is 0. The Kier molecular flexibility index (Phi) is 3.33. The van der Waals surface area contributed by atoms with E-state index in [9.17, 15) is 5.11 Å². The predicted octanol–water partition coefficient (Wildman–Crippen LogP) is 2.66. The summed E-state index contributed by atoms with van der Waals surface area (Å²) in [6, 6.07) is 0. The molecule has 0 spiro atoms. The van der Waals surface area contributed by atoms with Crippen LogP contribution >= 0.6 is 0 Å². The fourth-order valence-electron chi connectivity index (χ4n) is 3.03. The van der Waals surface area contributed by atoms with Crippen molar-refractivity contribution in [1.82, 2.24) is 4.90 Å². The summed E-state index contributed by atoms with van der Waals surface area (Å²) in [5.41, 5.74) is 0.0708. The van der Waals surface area contributed by atoms with Gasteiger partial charge in [0, 0.05) is 19.6 Å². The first kappa shape index (κ1) is 12.4. The molecule has 0 atom stereocenters. The van der Waals surface area contributed by atoms with Crippen LogP contribution in [-0.4, -0.2) is 35.2 Å². The van der Waals surface area contributed by atoms with Gasteiger partial charge in [-0.25, -0.2) is 0 Å². The Bertz CT molecular complexity index is 233. The second-order valence-electron chi connectivity index (χ2n) is 6.86. The van der Waals surface area contributed by atoms with Crippen molar-refractivity contribution in [1.29, 1.82) is 0 Å². The third-order valence-corrected chi connectivity index (χ3v) is 4.66. The van der Waals surface area contributed by atoms with Crippen molar-refractivity contribution in [3.05, 3.63) is 0 Å². The second-order valence-corrected chi connectivity index (χ2v) is 6.86. The molecule has 2 aliphatic rings. The molecule has 0 aromatic heterocycles. The molecule has 2 heteroatoms. The first-order valence-corrected chi connectivity index (χ1v) is 6.87. The summed E-state index contributed by atoms with van der Waals surface area (Å²) in [6.07, 6.45) is 5.63. The second kappa shape index (κ2) is 4.30. The monoisotopic (exact) mass is 225 g/mol. The summed E-state index contributed by atoms with van der Waals surface area (Å²) in [4.78, 5) is 2.44.